The van der Waals surface area contributed by atoms with Crippen molar-refractivity contribution in [3.05, 3.63) is 54.6 Å². The van der Waals surface area contributed by atoms with Crippen LogP contribution in [-0.2, 0) is 14.4 Å². The van der Waals surface area contributed by atoms with E-state index >= 15 is 0 Å². The molecule has 3 fully saturated rings. The van der Waals surface area contributed by atoms with Gasteiger partial charge in [-0.3, -0.25) is 19.3 Å². The topological polar surface area (TPSA) is 63.7 Å². The summed E-state index contributed by atoms with van der Waals surface area (Å²) in [6, 6.07) is 13.3. The molecular formula is C24H21NO4. The van der Waals surface area contributed by atoms with Crippen LogP contribution in [0, 0.1) is 35.5 Å². The number of hydrogen-bond acceptors (Lipinski definition) is 4. The molecule has 6 atom stereocenters. The van der Waals surface area contributed by atoms with Gasteiger partial charge in [0.2, 0.25) is 11.8 Å². The Balaban J connectivity index is 1.13. The minimum Gasteiger partial charge on any atom is -0.426 e. The summed E-state index contributed by atoms with van der Waals surface area (Å²) in [4.78, 5) is 39.5. The van der Waals surface area contributed by atoms with Gasteiger partial charge in [0.25, 0.3) is 0 Å². The second kappa shape index (κ2) is 6.02. The maximum absolute atomic E-state index is 12.9. The summed E-state index contributed by atoms with van der Waals surface area (Å²) in [5, 5.41) is 2.07. The third kappa shape index (κ3) is 2.49. The van der Waals surface area contributed by atoms with Crippen molar-refractivity contribution in [2.75, 3.05) is 6.54 Å². The van der Waals surface area contributed by atoms with Crippen molar-refractivity contribution in [3.8, 4) is 5.75 Å². The van der Waals surface area contributed by atoms with Gasteiger partial charge >= 0.3 is 5.97 Å². The van der Waals surface area contributed by atoms with Crippen LogP contribution in [0.2, 0.25) is 0 Å². The molecule has 0 spiro atoms. The highest BCUT2D eigenvalue weighted by Crippen LogP contribution is 2.65. The van der Waals surface area contributed by atoms with Crippen LogP contribution >= 0.6 is 0 Å². The van der Waals surface area contributed by atoms with E-state index in [1.54, 1.807) is 6.07 Å². The van der Waals surface area contributed by atoms with E-state index < -0.39 is 5.97 Å². The van der Waals surface area contributed by atoms with Gasteiger partial charge in [0.05, 0.1) is 18.3 Å². The number of ether oxygens (including phenoxy) is 1. The number of carbonyl (C=O) groups is 3. The van der Waals surface area contributed by atoms with Crippen molar-refractivity contribution < 1.29 is 19.1 Å². The Bertz CT molecular complexity index is 1050. The Labute approximate surface area is 168 Å². The number of carbonyl (C=O) groups excluding carboxylic acids is 3. The SMILES string of the molecule is O=C(CCN1C(=O)[C@H]2[C@@H]3C=C[C@@H]([C@H]4C[C@H]34)[C@@H]2C1=O)Oc1ccc2ccccc2c1. The van der Waals surface area contributed by atoms with Crippen LogP contribution in [-0.4, -0.2) is 29.2 Å². The minimum absolute atomic E-state index is 0.0133. The van der Waals surface area contributed by atoms with Crippen LogP contribution in [0.1, 0.15) is 12.8 Å². The van der Waals surface area contributed by atoms with E-state index in [0.717, 1.165) is 17.2 Å². The van der Waals surface area contributed by atoms with Crippen LogP contribution in [0.5, 0.6) is 5.75 Å². The van der Waals surface area contributed by atoms with E-state index in [4.69, 9.17) is 4.74 Å². The van der Waals surface area contributed by atoms with Crippen molar-refractivity contribution in [2.45, 2.75) is 12.8 Å². The van der Waals surface area contributed by atoms with Crippen molar-refractivity contribution >= 4 is 28.6 Å². The fraction of sp³-hybridized carbons (Fsp3) is 0.375. The van der Waals surface area contributed by atoms with Crippen LogP contribution in [0.3, 0.4) is 0 Å². The summed E-state index contributed by atoms with van der Waals surface area (Å²) in [6.45, 7) is 0.103. The van der Waals surface area contributed by atoms with Crippen molar-refractivity contribution in [3.63, 3.8) is 0 Å². The second-order valence-electron chi connectivity index (χ2n) is 8.72. The number of esters is 1. The second-order valence-corrected chi connectivity index (χ2v) is 8.72. The molecule has 1 aliphatic heterocycles. The monoisotopic (exact) mass is 387 g/mol. The summed E-state index contributed by atoms with van der Waals surface area (Å²) in [5.41, 5.74) is 0. The number of nitrogens with zero attached hydrogens (tertiary/aromatic N) is 1. The van der Waals surface area contributed by atoms with Gasteiger partial charge in [-0.15, -0.1) is 0 Å². The average Bonchev–Trinajstić information content (AvgIpc) is 3.51. The minimum atomic E-state index is -0.431. The predicted octanol–water partition coefficient (Wildman–Crippen LogP) is 3.19. The quantitative estimate of drug-likeness (QED) is 0.350. The predicted molar refractivity (Wildman–Crippen MR) is 106 cm³/mol. The number of allylic oxidation sites excluding steroid dienone is 2. The molecule has 0 radical (unpaired) electrons. The molecule has 1 saturated heterocycles. The molecule has 2 aromatic rings. The molecule has 29 heavy (non-hydrogen) atoms. The maximum Gasteiger partial charge on any atom is 0.312 e. The molecule has 5 heteroatoms. The summed E-state index contributed by atoms with van der Waals surface area (Å²) in [7, 11) is 0. The van der Waals surface area contributed by atoms with Crippen molar-refractivity contribution in [1.29, 1.82) is 0 Å². The molecular weight excluding hydrogens is 366 g/mol. The van der Waals surface area contributed by atoms with Crippen LogP contribution in [0.4, 0.5) is 0 Å². The normalized spacial score (nSPS) is 33.7. The Kier molecular flexibility index (Phi) is 3.52. The molecule has 0 N–H and O–H groups in total. The molecule has 5 nitrogen and oxygen atoms in total. The van der Waals surface area contributed by atoms with E-state index in [1.807, 2.05) is 36.4 Å². The molecule has 4 aliphatic carbocycles. The maximum atomic E-state index is 12.9. The molecule has 7 rings (SSSR count). The molecule has 0 unspecified atom stereocenters. The number of likely N-dealkylation sites (tertiary alicyclic amines) is 1. The lowest BCUT2D eigenvalue weighted by Crippen LogP contribution is -2.40. The first kappa shape index (κ1) is 17.0. The molecule has 2 bridgehead atoms. The lowest BCUT2D eigenvalue weighted by atomic mass is 9.63. The molecule has 2 saturated carbocycles. The number of fused-ring (bicyclic) bond motifs is 1. The highest BCUT2D eigenvalue weighted by atomic mass is 16.5. The molecule has 2 aromatic carbocycles. The molecule has 1 heterocycles. The number of benzene rings is 2. The third-order valence-electron chi connectivity index (χ3n) is 7.25. The Morgan fingerprint density at radius 1 is 0.931 bits per heavy atom. The van der Waals surface area contributed by atoms with Crippen molar-refractivity contribution in [1.82, 2.24) is 4.90 Å². The van der Waals surface area contributed by atoms with Crippen LogP contribution in [0.25, 0.3) is 10.8 Å². The molecule has 0 aromatic heterocycles. The molecule has 2 amide bonds. The first-order valence-corrected chi connectivity index (χ1v) is 10.3. The van der Waals surface area contributed by atoms with E-state index in [0.29, 0.717) is 17.6 Å². The van der Waals surface area contributed by atoms with Gasteiger partial charge in [0.15, 0.2) is 0 Å². The highest BCUT2D eigenvalue weighted by Gasteiger charge is 2.66. The summed E-state index contributed by atoms with van der Waals surface area (Å²) >= 11 is 0. The van der Waals surface area contributed by atoms with E-state index in [-0.39, 0.29) is 48.5 Å². The standard InChI is InChI=1S/C24H21NO4/c26-20(29-15-6-5-13-3-1-2-4-14(13)11-15)9-10-25-23(27)21-16-7-8-17(19-12-18(16)19)22(21)24(25)28/h1-8,11,16-19,21-22H,9-10,12H2/t16-,17+,18-,19-,21+,22+/m1/s1. The highest BCUT2D eigenvalue weighted by molar-refractivity contribution is 6.06. The average molecular weight is 387 g/mol. The van der Waals surface area contributed by atoms with Gasteiger partial charge in [-0.2, -0.15) is 0 Å². The van der Waals surface area contributed by atoms with Crippen LogP contribution < -0.4 is 4.74 Å². The van der Waals surface area contributed by atoms with E-state index in [1.165, 1.54) is 4.90 Å². The smallest absolute Gasteiger partial charge is 0.312 e. The van der Waals surface area contributed by atoms with E-state index in [9.17, 15) is 14.4 Å². The summed E-state index contributed by atoms with van der Waals surface area (Å²) in [5.74, 6) is 1.02. The largest absolute Gasteiger partial charge is 0.426 e. The zero-order chi connectivity index (χ0) is 19.7. The van der Waals surface area contributed by atoms with Crippen LogP contribution in [0.15, 0.2) is 54.6 Å². The third-order valence-corrected chi connectivity index (χ3v) is 7.25. The van der Waals surface area contributed by atoms with Gasteiger partial charge in [-0.1, -0.05) is 42.5 Å². The first-order chi connectivity index (χ1) is 14.1. The summed E-state index contributed by atoms with van der Waals surface area (Å²) in [6.07, 6.45) is 5.47. The van der Waals surface area contributed by atoms with Crippen molar-refractivity contribution in [2.24, 2.45) is 35.5 Å². The fourth-order valence-electron chi connectivity index (χ4n) is 5.86. The molecule has 5 aliphatic rings. The first-order valence-electron chi connectivity index (χ1n) is 10.3. The lowest BCUT2D eigenvalue weighted by molar-refractivity contribution is -0.141. The number of imide groups is 1. The Morgan fingerprint density at radius 2 is 1.59 bits per heavy atom. The van der Waals surface area contributed by atoms with Gasteiger partial charge < -0.3 is 4.74 Å². The van der Waals surface area contributed by atoms with E-state index in [2.05, 4.69) is 12.2 Å². The fourth-order valence-corrected chi connectivity index (χ4v) is 5.86. The van der Waals surface area contributed by atoms with Gasteiger partial charge in [0, 0.05) is 6.54 Å². The summed E-state index contributed by atoms with van der Waals surface area (Å²) < 4.78 is 5.45. The Morgan fingerprint density at radius 3 is 2.28 bits per heavy atom. The van der Waals surface area contributed by atoms with Gasteiger partial charge in [0.1, 0.15) is 5.75 Å². The number of amides is 2. The Hall–Kier alpha value is -2.95. The van der Waals surface area contributed by atoms with Gasteiger partial charge in [-0.25, -0.2) is 0 Å². The number of rotatable bonds is 4. The zero-order valence-electron chi connectivity index (χ0n) is 15.9. The number of hydrogen-bond donors (Lipinski definition) is 0. The molecule has 146 valence electrons. The lowest BCUT2D eigenvalue weighted by Gasteiger charge is -2.37. The zero-order valence-corrected chi connectivity index (χ0v) is 15.9. The van der Waals surface area contributed by atoms with Gasteiger partial charge in [-0.05, 0) is 53.0 Å².